The molecule has 2 aromatic carbocycles. The van der Waals surface area contributed by atoms with Crippen LogP contribution in [-0.4, -0.2) is 33.7 Å². The number of amides is 1. The van der Waals surface area contributed by atoms with Crippen LogP contribution in [0.25, 0.3) is 0 Å². The van der Waals surface area contributed by atoms with Gasteiger partial charge in [0.1, 0.15) is 0 Å². The van der Waals surface area contributed by atoms with Gasteiger partial charge in [-0.05, 0) is 48.9 Å². The summed E-state index contributed by atoms with van der Waals surface area (Å²) in [5.74, 6) is -0.890. The van der Waals surface area contributed by atoms with Crippen LogP contribution in [0.3, 0.4) is 0 Å². The van der Waals surface area contributed by atoms with Gasteiger partial charge in [0.05, 0.1) is 17.6 Å². The van der Waals surface area contributed by atoms with Crippen LogP contribution in [0.1, 0.15) is 26.3 Å². The molecule has 1 N–H and O–H groups in total. The quantitative estimate of drug-likeness (QED) is 0.858. The van der Waals surface area contributed by atoms with Crippen molar-refractivity contribution in [3.8, 4) is 0 Å². The Morgan fingerprint density at radius 3 is 2.12 bits per heavy atom. The van der Waals surface area contributed by atoms with Gasteiger partial charge in [-0.1, -0.05) is 6.07 Å². The van der Waals surface area contributed by atoms with Crippen LogP contribution in [0.4, 0.5) is 5.69 Å². The first-order valence-corrected chi connectivity index (χ1v) is 8.92. The van der Waals surface area contributed by atoms with Gasteiger partial charge in [0.2, 0.25) is 0 Å². The van der Waals surface area contributed by atoms with Crippen LogP contribution < -0.4 is 5.32 Å². The minimum Gasteiger partial charge on any atom is -0.465 e. The summed E-state index contributed by atoms with van der Waals surface area (Å²) < 4.78 is 27.8. The summed E-state index contributed by atoms with van der Waals surface area (Å²) in [6.07, 6.45) is 1.11. The van der Waals surface area contributed by atoms with Gasteiger partial charge in [0.25, 0.3) is 5.91 Å². The standard InChI is InChI=1S/C17H17NO5S/c1-11-4-9-14(24(3,21)22)10-15(11)18-16(19)12-5-7-13(8-6-12)17(20)23-2/h4-10H,1-3H3,(H,18,19). The summed E-state index contributed by atoms with van der Waals surface area (Å²) in [4.78, 5) is 23.8. The van der Waals surface area contributed by atoms with Crippen molar-refractivity contribution in [1.82, 2.24) is 0 Å². The molecule has 0 saturated carbocycles. The van der Waals surface area contributed by atoms with Crippen LogP contribution in [0.2, 0.25) is 0 Å². The molecular weight excluding hydrogens is 330 g/mol. The number of sulfone groups is 1. The van der Waals surface area contributed by atoms with E-state index in [1.807, 2.05) is 0 Å². The second kappa shape index (κ2) is 6.84. The van der Waals surface area contributed by atoms with Gasteiger partial charge in [-0.3, -0.25) is 4.79 Å². The fourth-order valence-corrected chi connectivity index (χ4v) is 2.68. The molecule has 24 heavy (non-hydrogen) atoms. The summed E-state index contributed by atoms with van der Waals surface area (Å²) in [6.45, 7) is 1.77. The fraction of sp³-hybridized carbons (Fsp3) is 0.176. The van der Waals surface area contributed by atoms with Crippen molar-refractivity contribution < 1.29 is 22.7 Å². The minimum atomic E-state index is -3.36. The molecule has 0 aliphatic carbocycles. The van der Waals surface area contributed by atoms with Gasteiger partial charge in [-0.25, -0.2) is 13.2 Å². The Bertz CT molecular complexity index is 886. The Morgan fingerprint density at radius 2 is 1.58 bits per heavy atom. The van der Waals surface area contributed by atoms with E-state index in [2.05, 4.69) is 10.1 Å². The highest BCUT2D eigenvalue weighted by molar-refractivity contribution is 7.90. The van der Waals surface area contributed by atoms with E-state index in [0.29, 0.717) is 16.8 Å². The van der Waals surface area contributed by atoms with E-state index in [1.165, 1.54) is 43.5 Å². The van der Waals surface area contributed by atoms with Crippen LogP contribution >= 0.6 is 0 Å². The number of aryl methyl sites for hydroxylation is 1. The minimum absolute atomic E-state index is 0.129. The second-order valence-corrected chi connectivity index (χ2v) is 7.29. The number of carbonyl (C=O) groups is 2. The first kappa shape index (κ1) is 17.7. The molecule has 0 unspecified atom stereocenters. The lowest BCUT2D eigenvalue weighted by Crippen LogP contribution is -2.13. The number of hydrogen-bond donors (Lipinski definition) is 1. The summed E-state index contributed by atoms with van der Waals surface area (Å²) >= 11 is 0. The third-order valence-corrected chi connectivity index (χ3v) is 4.56. The van der Waals surface area contributed by atoms with Crippen molar-refractivity contribution in [2.45, 2.75) is 11.8 Å². The molecule has 0 saturated heterocycles. The number of hydrogen-bond acceptors (Lipinski definition) is 5. The first-order valence-electron chi connectivity index (χ1n) is 7.03. The number of nitrogens with one attached hydrogen (secondary N) is 1. The van der Waals surface area contributed by atoms with Crippen molar-refractivity contribution in [2.75, 3.05) is 18.7 Å². The molecule has 2 aromatic rings. The maximum absolute atomic E-state index is 12.3. The SMILES string of the molecule is COC(=O)c1ccc(C(=O)Nc2cc(S(C)(=O)=O)ccc2C)cc1. The molecule has 0 fully saturated rings. The van der Waals surface area contributed by atoms with Crippen molar-refractivity contribution in [3.63, 3.8) is 0 Å². The maximum Gasteiger partial charge on any atom is 0.337 e. The largest absolute Gasteiger partial charge is 0.465 e. The zero-order chi connectivity index (χ0) is 17.9. The maximum atomic E-state index is 12.3. The van der Waals surface area contributed by atoms with E-state index in [4.69, 9.17) is 0 Å². The number of benzene rings is 2. The zero-order valence-electron chi connectivity index (χ0n) is 13.5. The van der Waals surface area contributed by atoms with E-state index < -0.39 is 21.7 Å². The predicted molar refractivity (Wildman–Crippen MR) is 90.0 cm³/mol. The Morgan fingerprint density at radius 1 is 1.00 bits per heavy atom. The third kappa shape index (κ3) is 3.99. The molecule has 0 heterocycles. The average Bonchev–Trinajstić information content (AvgIpc) is 2.55. The summed E-state index contributed by atoms with van der Waals surface area (Å²) in [6, 6.07) is 10.5. The molecule has 7 heteroatoms. The highest BCUT2D eigenvalue weighted by Crippen LogP contribution is 2.21. The lowest BCUT2D eigenvalue weighted by molar-refractivity contribution is 0.0600. The second-order valence-electron chi connectivity index (χ2n) is 5.27. The zero-order valence-corrected chi connectivity index (χ0v) is 14.3. The first-order chi connectivity index (χ1) is 11.2. The Labute approximate surface area is 140 Å². The van der Waals surface area contributed by atoms with E-state index in [9.17, 15) is 18.0 Å². The molecule has 0 aliphatic heterocycles. The van der Waals surface area contributed by atoms with E-state index in [1.54, 1.807) is 13.0 Å². The van der Waals surface area contributed by atoms with Crippen LogP contribution in [0, 0.1) is 6.92 Å². The molecule has 0 aromatic heterocycles. The summed E-state index contributed by atoms with van der Waals surface area (Å²) in [5.41, 5.74) is 1.83. The van der Waals surface area contributed by atoms with Gasteiger partial charge in [0, 0.05) is 17.5 Å². The van der Waals surface area contributed by atoms with E-state index in [0.717, 1.165) is 11.8 Å². The van der Waals surface area contributed by atoms with E-state index in [-0.39, 0.29) is 4.90 Å². The van der Waals surface area contributed by atoms with Gasteiger partial charge in [0.15, 0.2) is 9.84 Å². The molecular formula is C17H17NO5S. The molecule has 0 spiro atoms. The van der Waals surface area contributed by atoms with Crippen molar-refractivity contribution in [1.29, 1.82) is 0 Å². The fourth-order valence-electron chi connectivity index (χ4n) is 2.04. The molecule has 0 bridgehead atoms. The normalized spacial score (nSPS) is 11.0. The highest BCUT2D eigenvalue weighted by Gasteiger charge is 2.13. The number of carbonyl (C=O) groups excluding carboxylic acids is 2. The van der Waals surface area contributed by atoms with Crippen molar-refractivity contribution in [2.24, 2.45) is 0 Å². The van der Waals surface area contributed by atoms with Crippen LogP contribution in [0.15, 0.2) is 47.4 Å². The number of methoxy groups -OCH3 is 1. The Hall–Kier alpha value is -2.67. The van der Waals surface area contributed by atoms with Crippen molar-refractivity contribution in [3.05, 3.63) is 59.2 Å². The van der Waals surface area contributed by atoms with Gasteiger partial charge < -0.3 is 10.1 Å². The molecule has 0 atom stereocenters. The third-order valence-electron chi connectivity index (χ3n) is 3.45. The number of anilines is 1. The lowest BCUT2D eigenvalue weighted by atomic mass is 10.1. The molecule has 126 valence electrons. The van der Waals surface area contributed by atoms with Gasteiger partial charge >= 0.3 is 5.97 Å². The molecule has 2 rings (SSSR count). The van der Waals surface area contributed by atoms with Gasteiger partial charge in [-0.2, -0.15) is 0 Å². The van der Waals surface area contributed by atoms with E-state index >= 15 is 0 Å². The molecule has 1 amide bonds. The van der Waals surface area contributed by atoms with Crippen molar-refractivity contribution >= 4 is 27.4 Å². The Balaban J connectivity index is 2.25. The summed E-state index contributed by atoms with van der Waals surface area (Å²) in [5, 5.41) is 2.68. The number of esters is 1. The Kier molecular flexibility index (Phi) is 5.04. The highest BCUT2D eigenvalue weighted by atomic mass is 32.2. The molecule has 0 aliphatic rings. The van der Waals surface area contributed by atoms with Gasteiger partial charge in [-0.15, -0.1) is 0 Å². The monoisotopic (exact) mass is 347 g/mol. The number of ether oxygens (including phenoxy) is 1. The number of rotatable bonds is 4. The summed E-state index contributed by atoms with van der Waals surface area (Å²) in [7, 11) is -2.08. The average molecular weight is 347 g/mol. The topological polar surface area (TPSA) is 89.5 Å². The van der Waals surface area contributed by atoms with Crippen LogP contribution in [-0.2, 0) is 14.6 Å². The molecule has 6 nitrogen and oxygen atoms in total. The van der Waals surface area contributed by atoms with Crippen LogP contribution in [0.5, 0.6) is 0 Å². The predicted octanol–water partition coefficient (Wildman–Crippen LogP) is 2.44. The lowest BCUT2D eigenvalue weighted by Gasteiger charge is -2.10. The smallest absolute Gasteiger partial charge is 0.337 e. The molecule has 0 radical (unpaired) electrons.